The first-order chi connectivity index (χ1) is 28.6. The van der Waals surface area contributed by atoms with Gasteiger partial charge in [-0.25, -0.2) is 9.59 Å². The van der Waals surface area contributed by atoms with Gasteiger partial charge in [0.2, 0.25) is 17.7 Å². The Labute approximate surface area is 369 Å². The van der Waals surface area contributed by atoms with Crippen LogP contribution >= 0.6 is 23.5 Å². The second kappa shape index (κ2) is 32.9. The Morgan fingerprint density at radius 1 is 0.525 bits per heavy atom. The second-order valence-electron chi connectivity index (χ2n) is 15.5. The molecular formula is C45H70F3N3O8S2. The van der Waals surface area contributed by atoms with Gasteiger partial charge in [-0.15, -0.1) is 0 Å². The number of alkyl halides is 3. The van der Waals surface area contributed by atoms with E-state index in [9.17, 15) is 52.5 Å². The fourth-order valence-corrected chi connectivity index (χ4v) is 7.43. The van der Waals surface area contributed by atoms with Gasteiger partial charge in [-0.2, -0.15) is 36.7 Å². The standard InChI is InChI=1S/C45H70F3N3O8S2/c1-31(2)12-8-13-32(3)15-10-18-36(7)24-27-61-30-39(44(58)59)51-42(55)37(28-52)49-40(53)21-20-34(5)17-9-14-33(4)16-11-19-35(6)23-26-60-29-38(43(56)57)50-41(54)22-25-45(46,47)48/h12,15-17,23-24,37-39,52H,8-11,13-14,18-22,25-30H2,1-7H3,(H,49,53)(H,50,54)(H,51,55)(H,56,57)(H,58,59)/b32-15+,33-16+,34-17+,35-23+,36-24+/t37?,38-,39-/m0/s1. The number of rotatable bonds is 32. The Morgan fingerprint density at radius 2 is 0.902 bits per heavy atom. The van der Waals surface area contributed by atoms with Gasteiger partial charge in [0.15, 0.2) is 0 Å². The summed E-state index contributed by atoms with van der Waals surface area (Å²) in [4.78, 5) is 60.4. The summed E-state index contributed by atoms with van der Waals surface area (Å²) in [7, 11) is 0. The first kappa shape index (κ1) is 57.2. The third kappa shape index (κ3) is 32.6. The number of carboxylic acid groups (broad SMARTS) is 2. The van der Waals surface area contributed by atoms with Crippen molar-refractivity contribution in [3.63, 3.8) is 0 Å². The number of amides is 3. The second-order valence-corrected chi connectivity index (χ2v) is 17.7. The van der Waals surface area contributed by atoms with Crippen LogP contribution in [0, 0.1) is 0 Å². The highest BCUT2D eigenvalue weighted by Gasteiger charge is 2.29. The van der Waals surface area contributed by atoms with Gasteiger partial charge in [0.05, 0.1) is 13.0 Å². The van der Waals surface area contributed by atoms with Gasteiger partial charge in [-0.3, -0.25) is 14.4 Å². The molecule has 0 heterocycles. The summed E-state index contributed by atoms with van der Waals surface area (Å²) in [6.07, 6.45) is 13.7. The van der Waals surface area contributed by atoms with Crippen molar-refractivity contribution in [3.05, 3.63) is 69.9 Å². The number of carboxylic acids is 2. The van der Waals surface area contributed by atoms with Crippen molar-refractivity contribution in [2.75, 3.05) is 29.6 Å². The van der Waals surface area contributed by atoms with Crippen LogP contribution in [0.1, 0.15) is 126 Å². The average molecular weight is 902 g/mol. The van der Waals surface area contributed by atoms with Gasteiger partial charge >= 0.3 is 18.1 Å². The number of thioether (sulfide) groups is 2. The molecule has 3 amide bonds. The van der Waals surface area contributed by atoms with E-state index in [1.165, 1.54) is 45.8 Å². The van der Waals surface area contributed by atoms with Crippen molar-refractivity contribution in [2.24, 2.45) is 0 Å². The number of hydrogen-bond donors (Lipinski definition) is 6. The number of hydrogen-bond acceptors (Lipinski definition) is 8. The number of aliphatic carboxylic acids is 2. The molecule has 0 aromatic carbocycles. The lowest BCUT2D eigenvalue weighted by Crippen LogP contribution is -2.53. The van der Waals surface area contributed by atoms with E-state index in [-0.39, 0.29) is 17.9 Å². The molecule has 0 saturated carbocycles. The first-order valence-corrected chi connectivity index (χ1v) is 23.0. The Bertz CT molecular complexity index is 1580. The fraction of sp³-hybridized carbons (Fsp3) is 0.622. The number of allylic oxidation sites excluding steroid dienone is 10. The molecule has 0 aromatic heterocycles. The van der Waals surface area contributed by atoms with Gasteiger partial charge < -0.3 is 31.3 Å². The molecule has 1 unspecified atom stereocenters. The van der Waals surface area contributed by atoms with E-state index >= 15 is 0 Å². The maximum Gasteiger partial charge on any atom is 0.389 e. The van der Waals surface area contributed by atoms with Crippen molar-refractivity contribution < 1.29 is 52.5 Å². The summed E-state index contributed by atoms with van der Waals surface area (Å²) in [6, 6.07) is -3.73. The number of aliphatic hydroxyl groups excluding tert-OH is 1. The Morgan fingerprint density at radius 3 is 1.31 bits per heavy atom. The van der Waals surface area contributed by atoms with Crippen LogP contribution in [0.5, 0.6) is 0 Å². The Balaban J connectivity index is 4.61. The van der Waals surface area contributed by atoms with Crippen molar-refractivity contribution >= 4 is 53.2 Å². The Kier molecular flexibility index (Phi) is 30.9. The molecule has 0 saturated heterocycles. The predicted molar refractivity (Wildman–Crippen MR) is 242 cm³/mol. The molecule has 0 fully saturated rings. The lowest BCUT2D eigenvalue weighted by Gasteiger charge is -2.20. The van der Waals surface area contributed by atoms with Crippen LogP contribution in [0.25, 0.3) is 0 Å². The van der Waals surface area contributed by atoms with E-state index in [1.54, 1.807) is 0 Å². The smallest absolute Gasteiger partial charge is 0.389 e. The van der Waals surface area contributed by atoms with E-state index in [1.807, 2.05) is 39.8 Å². The highest BCUT2D eigenvalue weighted by molar-refractivity contribution is 7.99. The van der Waals surface area contributed by atoms with Crippen LogP contribution in [0.2, 0.25) is 0 Å². The Hall–Kier alpha value is -3.76. The minimum absolute atomic E-state index is 0.0255. The molecular weight excluding hydrogens is 832 g/mol. The number of carbonyl (C=O) groups excluding carboxylic acids is 3. The molecule has 0 aliphatic carbocycles. The third-order valence-corrected chi connectivity index (χ3v) is 11.3. The highest BCUT2D eigenvalue weighted by atomic mass is 32.2. The SMILES string of the molecule is CC(C)=CCC/C(C)=C/CC/C(C)=C/CSC[C@H](NC(=O)C(CO)NC(=O)CC/C(C)=C/CC/C(C)=C/CC/C(C)=C/CSC[C@H](NC(=O)CCC(F)(F)F)C(=O)O)C(=O)O. The maximum atomic E-state index is 12.8. The summed E-state index contributed by atoms with van der Waals surface area (Å²) in [5.41, 5.74) is 7.16. The van der Waals surface area contributed by atoms with Gasteiger partial charge in [0.1, 0.15) is 18.1 Å². The van der Waals surface area contributed by atoms with E-state index in [0.717, 1.165) is 62.5 Å². The molecule has 0 bridgehead atoms. The molecule has 0 aliphatic heterocycles. The van der Waals surface area contributed by atoms with Gasteiger partial charge in [0.25, 0.3) is 0 Å². The van der Waals surface area contributed by atoms with E-state index in [2.05, 4.69) is 61.0 Å². The quantitative estimate of drug-likeness (QED) is 0.0282. The summed E-state index contributed by atoms with van der Waals surface area (Å²) in [5.74, 6) is -3.42. The van der Waals surface area contributed by atoms with Gasteiger partial charge in [-0.05, 0) is 106 Å². The summed E-state index contributed by atoms with van der Waals surface area (Å²) in [6.45, 7) is 13.6. The number of nitrogens with one attached hydrogen (secondary N) is 3. The zero-order valence-electron chi connectivity index (χ0n) is 37.1. The van der Waals surface area contributed by atoms with Crippen molar-refractivity contribution in [3.8, 4) is 0 Å². The van der Waals surface area contributed by atoms with E-state index in [0.29, 0.717) is 17.9 Å². The number of halogens is 3. The summed E-state index contributed by atoms with van der Waals surface area (Å²) >= 11 is 2.64. The number of aliphatic hydroxyl groups is 1. The maximum absolute atomic E-state index is 12.8. The first-order valence-electron chi connectivity index (χ1n) is 20.7. The molecule has 61 heavy (non-hydrogen) atoms. The third-order valence-electron chi connectivity index (χ3n) is 9.32. The van der Waals surface area contributed by atoms with Gasteiger partial charge in [0, 0.05) is 35.9 Å². The van der Waals surface area contributed by atoms with Crippen LogP contribution in [0.4, 0.5) is 13.2 Å². The average Bonchev–Trinajstić information content (AvgIpc) is 3.16. The van der Waals surface area contributed by atoms with E-state index in [4.69, 9.17) is 0 Å². The van der Waals surface area contributed by atoms with Crippen molar-refractivity contribution in [1.29, 1.82) is 0 Å². The molecule has 0 spiro atoms. The van der Waals surface area contributed by atoms with Crippen molar-refractivity contribution in [2.45, 2.75) is 150 Å². The molecule has 0 aliphatic rings. The monoisotopic (exact) mass is 901 g/mol. The molecule has 0 radical (unpaired) electrons. The van der Waals surface area contributed by atoms with Gasteiger partial charge in [-0.1, -0.05) is 69.9 Å². The van der Waals surface area contributed by atoms with Crippen molar-refractivity contribution in [1.82, 2.24) is 16.0 Å². The number of carbonyl (C=O) groups is 5. The van der Waals surface area contributed by atoms with Crippen LogP contribution < -0.4 is 16.0 Å². The minimum atomic E-state index is -4.49. The largest absolute Gasteiger partial charge is 0.480 e. The molecule has 16 heteroatoms. The predicted octanol–water partition coefficient (Wildman–Crippen LogP) is 9.01. The lowest BCUT2D eigenvalue weighted by atomic mass is 10.0. The zero-order valence-corrected chi connectivity index (χ0v) is 38.7. The molecule has 0 rings (SSSR count). The zero-order chi connectivity index (χ0) is 46.4. The summed E-state index contributed by atoms with van der Waals surface area (Å²) < 4.78 is 37.0. The molecule has 346 valence electrons. The van der Waals surface area contributed by atoms with Crippen LogP contribution in [-0.4, -0.2) is 98.9 Å². The molecule has 3 atom stereocenters. The lowest BCUT2D eigenvalue weighted by molar-refractivity contribution is -0.146. The molecule has 0 aromatic rings. The fourth-order valence-electron chi connectivity index (χ4n) is 5.43. The van der Waals surface area contributed by atoms with Crippen LogP contribution in [0.3, 0.4) is 0 Å². The normalized spacial score (nSPS) is 14.5. The van der Waals surface area contributed by atoms with Crippen LogP contribution in [-0.2, 0) is 24.0 Å². The minimum Gasteiger partial charge on any atom is -0.480 e. The van der Waals surface area contributed by atoms with E-state index < -0.39 is 73.4 Å². The molecule has 11 nitrogen and oxygen atoms in total. The topological polar surface area (TPSA) is 182 Å². The highest BCUT2D eigenvalue weighted by Crippen LogP contribution is 2.21. The molecule has 6 N–H and O–H groups in total. The summed E-state index contributed by atoms with van der Waals surface area (Å²) in [5, 5.41) is 35.9. The van der Waals surface area contributed by atoms with Crippen LogP contribution in [0.15, 0.2) is 69.9 Å².